The van der Waals surface area contributed by atoms with Gasteiger partial charge in [0, 0.05) is 31.5 Å². The summed E-state index contributed by atoms with van der Waals surface area (Å²) in [7, 11) is 2.02. The minimum Gasteiger partial charge on any atom is -0.353 e. The lowest BCUT2D eigenvalue weighted by Crippen LogP contribution is -2.57. The van der Waals surface area contributed by atoms with Crippen LogP contribution < -0.4 is 0 Å². The van der Waals surface area contributed by atoms with Crippen molar-refractivity contribution in [1.29, 1.82) is 0 Å². The Labute approximate surface area is 188 Å². The minimum atomic E-state index is -0.194. The molecule has 0 saturated heterocycles. The molecular weight excluding hydrogens is 386 g/mol. The Hall–Kier alpha value is -1.78. The van der Waals surface area contributed by atoms with E-state index in [2.05, 4.69) is 38.3 Å². The number of aromatic nitrogens is 1. The highest BCUT2D eigenvalue weighted by atomic mass is 16.2. The van der Waals surface area contributed by atoms with Crippen LogP contribution in [0.2, 0.25) is 0 Å². The second-order valence-corrected chi connectivity index (χ2v) is 11.5. The highest BCUT2D eigenvalue weighted by Crippen LogP contribution is 2.60. The summed E-state index contributed by atoms with van der Waals surface area (Å²) in [4.78, 5) is 31.3. The van der Waals surface area contributed by atoms with Gasteiger partial charge in [-0.15, -0.1) is 0 Å². The highest BCUT2D eigenvalue weighted by Gasteiger charge is 2.56. The molecule has 1 aromatic rings. The average molecular weight is 428 g/mol. The Morgan fingerprint density at radius 3 is 2.10 bits per heavy atom. The molecule has 31 heavy (non-hydrogen) atoms. The summed E-state index contributed by atoms with van der Waals surface area (Å²) < 4.78 is 2.07. The molecule has 2 amide bonds. The van der Waals surface area contributed by atoms with Crippen LogP contribution in [-0.4, -0.2) is 45.3 Å². The Balaban J connectivity index is 1.50. The second kappa shape index (κ2) is 8.63. The van der Waals surface area contributed by atoms with Crippen LogP contribution in [0.5, 0.6) is 0 Å². The quantitative estimate of drug-likeness (QED) is 0.615. The topological polar surface area (TPSA) is 45.6 Å². The first-order chi connectivity index (χ1) is 14.7. The average Bonchev–Trinajstić information content (AvgIpc) is 3.07. The smallest absolute Gasteiger partial charge is 0.242 e. The van der Waals surface area contributed by atoms with E-state index in [9.17, 15) is 9.59 Å². The molecule has 0 aromatic carbocycles. The van der Waals surface area contributed by atoms with E-state index in [0.29, 0.717) is 19.0 Å². The van der Waals surface area contributed by atoms with Gasteiger partial charge in [0.2, 0.25) is 11.8 Å². The third-order valence-corrected chi connectivity index (χ3v) is 8.02. The van der Waals surface area contributed by atoms with Crippen LogP contribution in [0.25, 0.3) is 0 Å². The van der Waals surface area contributed by atoms with E-state index in [0.717, 1.165) is 42.7 Å². The second-order valence-electron chi connectivity index (χ2n) is 11.5. The molecular formula is C26H41N3O2. The van der Waals surface area contributed by atoms with E-state index in [-0.39, 0.29) is 29.8 Å². The molecule has 0 N–H and O–H groups in total. The van der Waals surface area contributed by atoms with Crippen molar-refractivity contribution < 1.29 is 9.59 Å². The van der Waals surface area contributed by atoms with Gasteiger partial charge in [0.15, 0.2) is 0 Å². The number of hydrogen-bond acceptors (Lipinski definition) is 2. The summed E-state index contributed by atoms with van der Waals surface area (Å²) in [6, 6.07) is 4.13. The lowest BCUT2D eigenvalue weighted by molar-refractivity contribution is -0.162. The van der Waals surface area contributed by atoms with Gasteiger partial charge >= 0.3 is 0 Å². The van der Waals surface area contributed by atoms with Gasteiger partial charge in [-0.25, -0.2) is 0 Å². The maximum absolute atomic E-state index is 13.9. The van der Waals surface area contributed by atoms with Gasteiger partial charge in [-0.2, -0.15) is 0 Å². The van der Waals surface area contributed by atoms with Crippen LogP contribution in [0.3, 0.4) is 0 Å². The fraction of sp³-hybridized carbons (Fsp3) is 0.769. The molecule has 0 aliphatic heterocycles. The van der Waals surface area contributed by atoms with E-state index >= 15 is 0 Å². The van der Waals surface area contributed by atoms with Crippen LogP contribution >= 0.6 is 0 Å². The van der Waals surface area contributed by atoms with Crippen LogP contribution in [0.1, 0.15) is 71.9 Å². The zero-order valence-corrected chi connectivity index (χ0v) is 20.1. The molecule has 1 heterocycles. The zero-order valence-electron chi connectivity index (χ0n) is 20.1. The number of amides is 2. The van der Waals surface area contributed by atoms with E-state index in [1.54, 1.807) is 0 Å². The largest absolute Gasteiger partial charge is 0.353 e. The monoisotopic (exact) mass is 427 g/mol. The molecule has 5 rings (SSSR count). The molecule has 0 spiro atoms. The molecule has 4 aliphatic rings. The van der Waals surface area contributed by atoms with Crippen molar-refractivity contribution in [3.63, 3.8) is 0 Å². The lowest BCUT2D eigenvalue weighted by Gasteiger charge is -2.57. The van der Waals surface area contributed by atoms with Gasteiger partial charge < -0.3 is 14.4 Å². The fourth-order valence-corrected chi connectivity index (χ4v) is 6.96. The minimum absolute atomic E-state index is 0.0420. The molecule has 4 aliphatic carbocycles. The molecule has 172 valence electrons. The maximum atomic E-state index is 13.9. The van der Waals surface area contributed by atoms with Crippen molar-refractivity contribution in [2.75, 3.05) is 13.1 Å². The van der Waals surface area contributed by atoms with E-state index in [1.165, 1.54) is 19.3 Å². The SMILES string of the molecule is CC(C)CN(Cc1cccn1C)C(=O)CN(C(=O)C12CC3CC(CC(C3)C1)C2)C(C)C. The van der Waals surface area contributed by atoms with Gasteiger partial charge in [-0.1, -0.05) is 13.8 Å². The Bertz CT molecular complexity index is 774. The Morgan fingerprint density at radius 2 is 1.65 bits per heavy atom. The zero-order chi connectivity index (χ0) is 22.3. The molecule has 4 bridgehead atoms. The van der Waals surface area contributed by atoms with Gasteiger partial charge in [0.05, 0.1) is 12.0 Å². The van der Waals surface area contributed by atoms with Gasteiger partial charge in [0.1, 0.15) is 6.54 Å². The van der Waals surface area contributed by atoms with Crippen LogP contribution in [-0.2, 0) is 23.2 Å². The van der Waals surface area contributed by atoms with Crippen molar-refractivity contribution >= 4 is 11.8 Å². The van der Waals surface area contributed by atoms with Crippen molar-refractivity contribution in [3.8, 4) is 0 Å². The predicted molar refractivity (Wildman–Crippen MR) is 123 cm³/mol. The highest BCUT2D eigenvalue weighted by molar-refractivity contribution is 5.88. The molecule has 1 aromatic heterocycles. The number of aryl methyl sites for hydroxylation is 1. The summed E-state index contributed by atoms with van der Waals surface area (Å²) in [6.07, 6.45) is 9.14. The summed E-state index contributed by atoms with van der Waals surface area (Å²) in [5, 5.41) is 0. The van der Waals surface area contributed by atoms with Crippen molar-refractivity contribution in [2.24, 2.45) is 36.1 Å². The lowest BCUT2D eigenvalue weighted by atomic mass is 9.49. The normalized spacial score (nSPS) is 29.1. The molecule has 0 radical (unpaired) electrons. The van der Waals surface area contributed by atoms with Crippen LogP contribution in [0, 0.1) is 29.1 Å². The maximum Gasteiger partial charge on any atom is 0.242 e. The van der Waals surface area contributed by atoms with Gasteiger partial charge in [-0.3, -0.25) is 9.59 Å². The van der Waals surface area contributed by atoms with E-state index in [1.807, 2.05) is 29.1 Å². The summed E-state index contributed by atoms with van der Waals surface area (Å²) in [5.74, 6) is 2.91. The first kappa shape index (κ1) is 22.4. The number of carbonyl (C=O) groups excluding carboxylic acids is 2. The fourth-order valence-electron chi connectivity index (χ4n) is 6.96. The molecule has 5 nitrogen and oxygen atoms in total. The molecule has 4 fully saturated rings. The van der Waals surface area contributed by atoms with Gasteiger partial charge in [-0.05, 0) is 88.2 Å². The summed E-state index contributed by atoms with van der Waals surface area (Å²) in [5.41, 5.74) is 0.929. The van der Waals surface area contributed by atoms with Crippen LogP contribution in [0.15, 0.2) is 18.3 Å². The standard InChI is InChI=1S/C26H41N3O2/c1-18(2)15-28(16-23-7-6-8-27(23)5)24(30)17-29(19(3)4)25(31)26-12-20-9-21(13-26)11-22(10-20)14-26/h6-8,18-22H,9-17H2,1-5H3. The molecule has 5 heteroatoms. The molecule has 0 atom stereocenters. The van der Waals surface area contributed by atoms with Crippen molar-refractivity contribution in [1.82, 2.24) is 14.4 Å². The number of rotatable bonds is 8. The van der Waals surface area contributed by atoms with Crippen molar-refractivity contribution in [3.05, 3.63) is 24.0 Å². The van der Waals surface area contributed by atoms with E-state index in [4.69, 9.17) is 0 Å². The van der Waals surface area contributed by atoms with Gasteiger partial charge in [0.25, 0.3) is 0 Å². The van der Waals surface area contributed by atoms with Crippen LogP contribution in [0.4, 0.5) is 0 Å². The summed E-state index contributed by atoms with van der Waals surface area (Å²) >= 11 is 0. The first-order valence-electron chi connectivity index (χ1n) is 12.4. The third kappa shape index (κ3) is 4.56. The Morgan fingerprint density at radius 1 is 1.06 bits per heavy atom. The van der Waals surface area contributed by atoms with E-state index < -0.39 is 0 Å². The first-order valence-corrected chi connectivity index (χ1v) is 12.4. The summed E-state index contributed by atoms with van der Waals surface area (Å²) in [6.45, 7) is 9.93. The number of carbonyl (C=O) groups is 2. The third-order valence-electron chi connectivity index (χ3n) is 8.02. The predicted octanol–water partition coefficient (Wildman–Crippen LogP) is 4.46. The number of hydrogen-bond donors (Lipinski definition) is 0. The van der Waals surface area contributed by atoms with Crippen molar-refractivity contribution in [2.45, 2.75) is 78.8 Å². The number of nitrogens with zero attached hydrogens (tertiary/aromatic N) is 3. The Kier molecular flexibility index (Phi) is 6.24. The molecule has 4 saturated carbocycles. The molecule has 0 unspecified atom stereocenters.